The zero-order valence-corrected chi connectivity index (χ0v) is 16.8. The van der Waals surface area contributed by atoms with Crippen molar-refractivity contribution in [1.29, 1.82) is 0 Å². The van der Waals surface area contributed by atoms with Crippen molar-refractivity contribution in [2.24, 2.45) is 0 Å². The first-order chi connectivity index (χ1) is 13.3. The van der Waals surface area contributed by atoms with Crippen molar-refractivity contribution < 1.29 is 13.5 Å². The second-order valence-corrected chi connectivity index (χ2v) is 8.26. The molecule has 0 aliphatic heterocycles. The maximum Gasteiger partial charge on any atom is 0.240 e. The molecule has 1 aromatic heterocycles. The number of aromatic nitrogens is 2. The van der Waals surface area contributed by atoms with Crippen molar-refractivity contribution in [3.63, 3.8) is 0 Å². The van der Waals surface area contributed by atoms with E-state index in [0.29, 0.717) is 23.0 Å². The van der Waals surface area contributed by atoms with Crippen LogP contribution in [0.3, 0.4) is 0 Å². The minimum atomic E-state index is -3.55. The van der Waals surface area contributed by atoms with Gasteiger partial charge >= 0.3 is 0 Å². The maximum absolute atomic E-state index is 11.9. The molecule has 3 rings (SSSR count). The van der Waals surface area contributed by atoms with Crippen LogP contribution in [-0.4, -0.2) is 30.5 Å². The van der Waals surface area contributed by atoms with Gasteiger partial charge in [0.2, 0.25) is 10.0 Å². The molecule has 2 aromatic carbocycles. The fraction of sp³-hybridized carbons (Fsp3) is 0.0588. The minimum Gasteiger partial charge on any atom is -0.505 e. The van der Waals surface area contributed by atoms with Gasteiger partial charge in [0.15, 0.2) is 5.75 Å². The summed E-state index contributed by atoms with van der Waals surface area (Å²) in [6, 6.07) is 10.9. The largest absolute Gasteiger partial charge is 0.505 e. The number of hydrogen-bond acceptors (Lipinski definition) is 7. The molecule has 0 unspecified atom stereocenters. The van der Waals surface area contributed by atoms with Crippen LogP contribution in [0.4, 0.5) is 23.0 Å². The fourth-order valence-corrected chi connectivity index (χ4v) is 3.55. The van der Waals surface area contributed by atoms with Crippen LogP contribution in [0, 0.1) is 0 Å². The lowest BCUT2D eigenvalue weighted by atomic mass is 10.3. The Balaban J connectivity index is 1.82. The van der Waals surface area contributed by atoms with Gasteiger partial charge in [-0.3, -0.25) is 0 Å². The Kier molecular flexibility index (Phi) is 5.90. The number of aromatic hydroxyl groups is 1. The molecule has 1 heterocycles. The van der Waals surface area contributed by atoms with Crippen molar-refractivity contribution in [1.82, 2.24) is 14.7 Å². The Bertz CT molecular complexity index is 1100. The van der Waals surface area contributed by atoms with Gasteiger partial charge in [0, 0.05) is 17.4 Å². The van der Waals surface area contributed by atoms with Crippen LogP contribution < -0.4 is 15.4 Å². The standard InChI is InChI=1S/C17H15Cl2N5O3S/c1-20-28(26,27)12-4-2-3-10(5-12)23-15-8-16(22-9-21-15)24-11-6-13(18)17(25)14(19)7-11/h2-9,20,25H,1H3,(H2,21,22,23,24). The quantitative estimate of drug-likeness (QED) is 0.430. The highest BCUT2D eigenvalue weighted by Gasteiger charge is 2.12. The van der Waals surface area contributed by atoms with Crippen LogP contribution >= 0.6 is 23.2 Å². The normalized spacial score (nSPS) is 11.2. The fourth-order valence-electron chi connectivity index (χ4n) is 2.29. The summed E-state index contributed by atoms with van der Waals surface area (Å²) in [4.78, 5) is 8.36. The highest BCUT2D eigenvalue weighted by molar-refractivity contribution is 7.89. The average molecular weight is 440 g/mol. The molecular formula is C17H15Cl2N5O3S. The highest BCUT2D eigenvalue weighted by atomic mass is 35.5. The zero-order chi connectivity index (χ0) is 20.3. The van der Waals surface area contributed by atoms with E-state index in [1.807, 2.05) is 0 Å². The van der Waals surface area contributed by atoms with E-state index in [-0.39, 0.29) is 20.7 Å². The number of anilines is 4. The van der Waals surface area contributed by atoms with Crippen molar-refractivity contribution in [2.45, 2.75) is 4.90 Å². The van der Waals surface area contributed by atoms with Crippen molar-refractivity contribution in [2.75, 3.05) is 17.7 Å². The average Bonchev–Trinajstić information content (AvgIpc) is 2.66. The number of hydrogen-bond donors (Lipinski definition) is 4. The molecular weight excluding hydrogens is 425 g/mol. The number of rotatable bonds is 6. The molecule has 0 aliphatic carbocycles. The Morgan fingerprint density at radius 3 is 2.14 bits per heavy atom. The van der Waals surface area contributed by atoms with Gasteiger partial charge in [-0.15, -0.1) is 0 Å². The summed E-state index contributed by atoms with van der Waals surface area (Å²) in [6.07, 6.45) is 1.34. The molecule has 3 aromatic rings. The Morgan fingerprint density at radius 2 is 1.54 bits per heavy atom. The first kappa shape index (κ1) is 20.2. The second kappa shape index (κ2) is 8.19. The van der Waals surface area contributed by atoms with E-state index in [9.17, 15) is 13.5 Å². The zero-order valence-electron chi connectivity index (χ0n) is 14.4. The summed E-state index contributed by atoms with van der Waals surface area (Å²) >= 11 is 11.8. The van der Waals surface area contributed by atoms with Gasteiger partial charge in [0.25, 0.3) is 0 Å². The van der Waals surface area contributed by atoms with E-state index >= 15 is 0 Å². The van der Waals surface area contributed by atoms with Crippen LogP contribution in [-0.2, 0) is 10.0 Å². The molecule has 11 heteroatoms. The van der Waals surface area contributed by atoms with E-state index in [4.69, 9.17) is 23.2 Å². The summed E-state index contributed by atoms with van der Waals surface area (Å²) < 4.78 is 26.1. The Morgan fingerprint density at radius 1 is 0.929 bits per heavy atom. The van der Waals surface area contributed by atoms with Crippen LogP contribution in [0.2, 0.25) is 10.0 Å². The topological polar surface area (TPSA) is 116 Å². The molecule has 0 atom stereocenters. The van der Waals surface area contributed by atoms with Gasteiger partial charge in [-0.25, -0.2) is 23.1 Å². The number of sulfonamides is 1. The maximum atomic E-state index is 11.9. The number of nitrogens with zero attached hydrogens (tertiary/aromatic N) is 2. The van der Waals surface area contributed by atoms with Crippen LogP contribution in [0.15, 0.2) is 53.7 Å². The molecule has 28 heavy (non-hydrogen) atoms. The van der Waals surface area contributed by atoms with Gasteiger partial charge in [0.1, 0.15) is 18.0 Å². The summed E-state index contributed by atoms with van der Waals surface area (Å²) in [5, 5.41) is 15.9. The summed E-state index contributed by atoms with van der Waals surface area (Å²) in [5.41, 5.74) is 1.07. The second-order valence-electron chi connectivity index (χ2n) is 5.56. The van der Waals surface area contributed by atoms with E-state index in [1.165, 1.54) is 37.6 Å². The predicted molar refractivity (Wildman–Crippen MR) is 109 cm³/mol. The van der Waals surface area contributed by atoms with Crippen molar-refractivity contribution in [3.8, 4) is 5.75 Å². The molecule has 0 amide bonds. The molecule has 0 radical (unpaired) electrons. The molecule has 0 saturated heterocycles. The van der Waals surface area contributed by atoms with E-state index in [1.54, 1.807) is 18.2 Å². The molecule has 0 spiro atoms. The molecule has 8 nitrogen and oxygen atoms in total. The lowest BCUT2D eigenvalue weighted by Crippen LogP contribution is -2.18. The first-order valence-electron chi connectivity index (χ1n) is 7.86. The van der Waals surface area contributed by atoms with Gasteiger partial charge in [-0.05, 0) is 37.4 Å². The minimum absolute atomic E-state index is 0.102. The lowest BCUT2D eigenvalue weighted by Gasteiger charge is -2.11. The van der Waals surface area contributed by atoms with Crippen molar-refractivity contribution >= 4 is 56.2 Å². The number of phenols is 1. The predicted octanol–water partition coefficient (Wildman–Crippen LogP) is 3.88. The summed E-state index contributed by atoms with van der Waals surface area (Å²) in [6.45, 7) is 0. The van der Waals surface area contributed by atoms with Gasteiger partial charge < -0.3 is 15.7 Å². The number of halogens is 2. The number of nitrogens with one attached hydrogen (secondary N) is 3. The summed E-state index contributed by atoms with van der Waals surface area (Å²) in [7, 11) is -2.21. The van der Waals surface area contributed by atoms with E-state index < -0.39 is 10.0 Å². The molecule has 0 bridgehead atoms. The monoisotopic (exact) mass is 439 g/mol. The Labute approximate surface area is 171 Å². The van der Waals surface area contributed by atoms with Crippen LogP contribution in [0.5, 0.6) is 5.75 Å². The number of phenolic OH excluding ortho intramolecular Hbond substituents is 1. The third-order valence-electron chi connectivity index (χ3n) is 3.64. The molecule has 0 aliphatic rings. The Hall–Kier alpha value is -2.59. The molecule has 146 valence electrons. The van der Waals surface area contributed by atoms with Gasteiger partial charge in [0.05, 0.1) is 14.9 Å². The van der Waals surface area contributed by atoms with E-state index in [0.717, 1.165) is 0 Å². The smallest absolute Gasteiger partial charge is 0.240 e. The molecule has 4 N–H and O–H groups in total. The SMILES string of the molecule is CNS(=O)(=O)c1cccc(Nc2cc(Nc3cc(Cl)c(O)c(Cl)c3)ncn2)c1. The third-order valence-corrected chi connectivity index (χ3v) is 5.63. The van der Waals surface area contributed by atoms with Gasteiger partial charge in [-0.1, -0.05) is 29.3 Å². The molecule has 0 saturated carbocycles. The highest BCUT2D eigenvalue weighted by Crippen LogP contribution is 2.35. The lowest BCUT2D eigenvalue weighted by molar-refractivity contribution is 0.476. The van der Waals surface area contributed by atoms with Crippen LogP contribution in [0.25, 0.3) is 0 Å². The number of benzene rings is 2. The van der Waals surface area contributed by atoms with Crippen LogP contribution in [0.1, 0.15) is 0 Å². The van der Waals surface area contributed by atoms with Gasteiger partial charge in [-0.2, -0.15) is 0 Å². The first-order valence-corrected chi connectivity index (χ1v) is 10.1. The molecule has 0 fully saturated rings. The van der Waals surface area contributed by atoms with Crippen molar-refractivity contribution in [3.05, 3.63) is 58.8 Å². The third kappa shape index (κ3) is 4.63. The summed E-state index contributed by atoms with van der Waals surface area (Å²) in [5.74, 6) is 0.678. The van der Waals surface area contributed by atoms with E-state index in [2.05, 4.69) is 25.3 Å².